The van der Waals surface area contributed by atoms with Crippen LogP contribution in [0.25, 0.3) is 0 Å². The lowest BCUT2D eigenvalue weighted by molar-refractivity contribution is 0.428. The van der Waals surface area contributed by atoms with E-state index in [1.807, 2.05) is 6.07 Å². The van der Waals surface area contributed by atoms with Crippen LogP contribution in [0.4, 0.5) is 0 Å². The van der Waals surface area contributed by atoms with Crippen LogP contribution in [0.3, 0.4) is 0 Å². The summed E-state index contributed by atoms with van der Waals surface area (Å²) >= 11 is 0. The number of hydrogen-bond donors (Lipinski definition) is 2. The molecular weight excluding hydrogens is 252 g/mol. The highest BCUT2D eigenvalue weighted by Gasteiger charge is 2.21. The molecule has 0 bridgehead atoms. The number of aromatic nitrogens is 1. The first kappa shape index (κ1) is 13.0. The van der Waals surface area contributed by atoms with Gasteiger partial charge in [-0.2, -0.15) is 5.26 Å². The predicted octanol–water partition coefficient (Wildman–Crippen LogP) is -0.0164. The number of piperidine rings is 1. The highest BCUT2D eigenvalue weighted by Crippen LogP contribution is 2.10. The Balaban J connectivity index is 2.12. The van der Waals surface area contributed by atoms with Crippen molar-refractivity contribution < 1.29 is 8.42 Å². The second-order valence-corrected chi connectivity index (χ2v) is 5.87. The highest BCUT2D eigenvalue weighted by molar-refractivity contribution is 7.89. The summed E-state index contributed by atoms with van der Waals surface area (Å²) in [5.41, 5.74) is 0.202. The van der Waals surface area contributed by atoms with Crippen LogP contribution in [-0.4, -0.2) is 32.5 Å². The molecule has 0 saturated carbocycles. The van der Waals surface area contributed by atoms with Crippen LogP contribution in [0, 0.1) is 11.3 Å². The number of nitriles is 1. The molecule has 1 aliphatic rings. The molecule has 0 aliphatic carbocycles. The molecule has 0 amide bonds. The van der Waals surface area contributed by atoms with Crippen LogP contribution >= 0.6 is 0 Å². The number of pyridine rings is 1. The predicted molar refractivity (Wildman–Crippen MR) is 65.2 cm³/mol. The van der Waals surface area contributed by atoms with Gasteiger partial charge in [0.25, 0.3) is 0 Å². The van der Waals surface area contributed by atoms with Crippen LogP contribution in [0.1, 0.15) is 18.5 Å². The third-order valence-corrected chi connectivity index (χ3v) is 4.29. The fourth-order valence-corrected chi connectivity index (χ4v) is 3.06. The molecule has 1 fully saturated rings. The van der Waals surface area contributed by atoms with Gasteiger partial charge in [-0.1, -0.05) is 0 Å². The van der Waals surface area contributed by atoms with Gasteiger partial charge in [-0.3, -0.25) is 0 Å². The minimum absolute atomic E-state index is 0.0839. The summed E-state index contributed by atoms with van der Waals surface area (Å²) in [6.45, 7) is 1.57. The quantitative estimate of drug-likeness (QED) is 0.802. The van der Waals surface area contributed by atoms with Crippen LogP contribution in [0.5, 0.6) is 0 Å². The monoisotopic (exact) mass is 266 g/mol. The molecule has 1 atom stereocenters. The lowest BCUT2D eigenvalue weighted by Crippen LogP contribution is -2.45. The molecule has 2 rings (SSSR count). The highest BCUT2D eigenvalue weighted by atomic mass is 32.2. The topological polar surface area (TPSA) is 94.9 Å². The lowest BCUT2D eigenvalue weighted by atomic mass is 10.1. The second-order valence-electron chi connectivity index (χ2n) is 4.16. The molecule has 1 aliphatic heterocycles. The van der Waals surface area contributed by atoms with Gasteiger partial charge in [-0.25, -0.2) is 18.1 Å². The zero-order valence-corrected chi connectivity index (χ0v) is 10.6. The van der Waals surface area contributed by atoms with Gasteiger partial charge in [0.2, 0.25) is 10.0 Å². The normalized spacial score (nSPS) is 20.3. The molecule has 0 spiro atoms. The fourth-order valence-electron chi connectivity index (χ4n) is 1.85. The van der Waals surface area contributed by atoms with Gasteiger partial charge in [0, 0.05) is 18.8 Å². The number of nitrogens with one attached hydrogen (secondary N) is 2. The molecule has 0 radical (unpaired) electrons. The summed E-state index contributed by atoms with van der Waals surface area (Å²) in [6.07, 6.45) is 2.99. The summed E-state index contributed by atoms with van der Waals surface area (Å²) in [7, 11) is -3.55. The third kappa shape index (κ3) is 3.04. The maximum absolute atomic E-state index is 12.0. The van der Waals surface area contributed by atoms with Crippen LogP contribution in [0.15, 0.2) is 23.2 Å². The summed E-state index contributed by atoms with van der Waals surface area (Å²) in [5, 5.41) is 11.7. The lowest BCUT2D eigenvalue weighted by Gasteiger charge is -2.23. The molecule has 1 saturated heterocycles. The van der Waals surface area contributed by atoms with E-state index in [1.54, 1.807) is 0 Å². The minimum Gasteiger partial charge on any atom is -0.315 e. The van der Waals surface area contributed by atoms with E-state index in [4.69, 9.17) is 5.26 Å². The van der Waals surface area contributed by atoms with Gasteiger partial charge < -0.3 is 5.32 Å². The number of rotatable bonds is 3. The molecule has 6 nitrogen and oxygen atoms in total. The summed E-state index contributed by atoms with van der Waals surface area (Å²) in [5.74, 6) is 0. The molecule has 2 heterocycles. The molecule has 18 heavy (non-hydrogen) atoms. The van der Waals surface area contributed by atoms with Gasteiger partial charge in [-0.15, -0.1) is 0 Å². The van der Waals surface area contributed by atoms with E-state index < -0.39 is 10.0 Å². The van der Waals surface area contributed by atoms with Crippen molar-refractivity contribution in [3.63, 3.8) is 0 Å². The van der Waals surface area contributed by atoms with E-state index in [2.05, 4.69) is 15.0 Å². The molecule has 0 unspecified atom stereocenters. The van der Waals surface area contributed by atoms with Crippen LogP contribution in [0.2, 0.25) is 0 Å². The number of sulfonamides is 1. The minimum atomic E-state index is -3.55. The van der Waals surface area contributed by atoms with E-state index in [9.17, 15) is 8.42 Å². The Morgan fingerprint density at radius 3 is 2.89 bits per heavy atom. The van der Waals surface area contributed by atoms with Crippen molar-refractivity contribution in [2.75, 3.05) is 13.1 Å². The first-order valence-corrected chi connectivity index (χ1v) is 7.19. The largest absolute Gasteiger partial charge is 0.315 e. The Kier molecular flexibility index (Phi) is 3.91. The summed E-state index contributed by atoms with van der Waals surface area (Å²) < 4.78 is 26.7. The summed E-state index contributed by atoms with van der Waals surface area (Å²) in [6, 6.07) is 4.56. The smallest absolute Gasteiger partial charge is 0.242 e. The van der Waals surface area contributed by atoms with Crippen molar-refractivity contribution in [1.29, 1.82) is 5.26 Å². The third-order valence-electron chi connectivity index (χ3n) is 2.78. The van der Waals surface area contributed by atoms with Gasteiger partial charge >= 0.3 is 0 Å². The van der Waals surface area contributed by atoms with Gasteiger partial charge in [0.05, 0.1) is 0 Å². The molecule has 0 aromatic carbocycles. The van der Waals surface area contributed by atoms with E-state index >= 15 is 0 Å². The van der Waals surface area contributed by atoms with E-state index in [-0.39, 0.29) is 16.6 Å². The standard InChI is InChI=1S/C11H14N4O2S/c12-6-9-3-4-11(8-14-9)18(16,17)15-10-2-1-5-13-7-10/h3-4,8,10,13,15H,1-2,5,7H2/t10-/m1/s1. The Morgan fingerprint density at radius 2 is 2.33 bits per heavy atom. The Morgan fingerprint density at radius 1 is 1.50 bits per heavy atom. The molecule has 1 aromatic rings. The zero-order chi connectivity index (χ0) is 13.0. The Labute approximate surface area is 106 Å². The van der Waals surface area contributed by atoms with Gasteiger partial charge in [-0.05, 0) is 31.5 Å². The Bertz CT molecular complexity index is 541. The van der Waals surface area contributed by atoms with Crippen molar-refractivity contribution in [1.82, 2.24) is 15.0 Å². The molecule has 1 aromatic heterocycles. The van der Waals surface area contributed by atoms with E-state index in [0.29, 0.717) is 6.54 Å². The second kappa shape index (κ2) is 5.44. The molecule has 7 heteroatoms. The molecule has 96 valence electrons. The first-order chi connectivity index (χ1) is 8.62. The number of hydrogen-bond acceptors (Lipinski definition) is 5. The maximum atomic E-state index is 12.0. The van der Waals surface area contributed by atoms with Gasteiger partial charge in [0.15, 0.2) is 0 Å². The van der Waals surface area contributed by atoms with Crippen molar-refractivity contribution in [3.05, 3.63) is 24.0 Å². The van der Waals surface area contributed by atoms with Crippen molar-refractivity contribution >= 4 is 10.0 Å². The first-order valence-electron chi connectivity index (χ1n) is 5.71. The van der Waals surface area contributed by atoms with Crippen molar-refractivity contribution in [2.45, 2.75) is 23.8 Å². The summed E-state index contributed by atoms with van der Waals surface area (Å²) in [4.78, 5) is 3.85. The molecule has 2 N–H and O–H groups in total. The average Bonchev–Trinajstić information content (AvgIpc) is 2.39. The SMILES string of the molecule is N#Cc1ccc(S(=O)(=O)N[C@@H]2CCCNC2)cn1. The zero-order valence-electron chi connectivity index (χ0n) is 9.76. The van der Waals surface area contributed by atoms with Crippen molar-refractivity contribution in [2.24, 2.45) is 0 Å². The van der Waals surface area contributed by atoms with E-state index in [0.717, 1.165) is 19.4 Å². The Hall–Kier alpha value is -1.49. The van der Waals surface area contributed by atoms with Crippen LogP contribution < -0.4 is 10.0 Å². The van der Waals surface area contributed by atoms with E-state index in [1.165, 1.54) is 18.3 Å². The average molecular weight is 266 g/mol. The molecular formula is C11H14N4O2S. The maximum Gasteiger partial charge on any atom is 0.242 e. The number of nitrogens with zero attached hydrogens (tertiary/aromatic N) is 2. The van der Waals surface area contributed by atoms with Crippen molar-refractivity contribution in [3.8, 4) is 6.07 Å². The van der Waals surface area contributed by atoms with Crippen LogP contribution in [-0.2, 0) is 10.0 Å². The van der Waals surface area contributed by atoms with Gasteiger partial charge in [0.1, 0.15) is 16.7 Å². The fraction of sp³-hybridized carbons (Fsp3) is 0.455.